The van der Waals surface area contributed by atoms with E-state index in [1.54, 1.807) is 13.8 Å². The molecule has 2 saturated heterocycles. The number of ether oxygens (including phenoxy) is 4. The number of carbonyl (C=O) groups excluding carboxylic acids is 2. The average Bonchev–Trinajstić information content (AvgIpc) is 2.77. The van der Waals surface area contributed by atoms with Gasteiger partial charge in [0.15, 0.2) is 12.4 Å². The summed E-state index contributed by atoms with van der Waals surface area (Å²) in [5.74, 6) is -2.05. The molecule has 2 fully saturated rings. The van der Waals surface area contributed by atoms with Crippen LogP contribution in [0.15, 0.2) is 0 Å². The van der Waals surface area contributed by atoms with Crippen LogP contribution in [-0.4, -0.2) is 60.8 Å². The van der Waals surface area contributed by atoms with E-state index in [0.29, 0.717) is 6.29 Å². The Bertz CT molecular complexity index is 383. The van der Waals surface area contributed by atoms with Gasteiger partial charge >= 0.3 is 5.97 Å². The van der Waals surface area contributed by atoms with Gasteiger partial charge in [0.1, 0.15) is 18.3 Å². The highest BCUT2D eigenvalue weighted by molar-refractivity contribution is 5.71. The molecule has 0 spiro atoms. The summed E-state index contributed by atoms with van der Waals surface area (Å²) in [5.41, 5.74) is 0. The van der Waals surface area contributed by atoms with Gasteiger partial charge in [0, 0.05) is 0 Å². The van der Waals surface area contributed by atoms with Gasteiger partial charge in [-0.15, -0.1) is 0 Å². The summed E-state index contributed by atoms with van der Waals surface area (Å²) in [7, 11) is 0. The third-order valence-electron chi connectivity index (χ3n) is 3.40. The van der Waals surface area contributed by atoms with Crippen LogP contribution in [0.3, 0.4) is 0 Å². The van der Waals surface area contributed by atoms with Crippen LogP contribution in [-0.2, 0) is 28.5 Å². The monoisotopic (exact) mass is 288 g/mol. The third-order valence-corrected chi connectivity index (χ3v) is 3.40. The predicted octanol–water partition coefficient (Wildman–Crippen LogP) is -0.356. The molecule has 1 N–H and O–H groups in total. The molecule has 2 heterocycles. The summed E-state index contributed by atoms with van der Waals surface area (Å²) in [6.07, 6.45) is -1.98. The molecule has 0 saturated carbocycles. The molecule has 7 nitrogen and oxygen atoms in total. The fourth-order valence-electron chi connectivity index (χ4n) is 2.28. The fraction of sp³-hybridized carbons (Fsp3) is 0.846. The number of esters is 1. The molecule has 2 rings (SSSR count). The Morgan fingerprint density at radius 2 is 2.10 bits per heavy atom. The third kappa shape index (κ3) is 2.85. The minimum absolute atomic E-state index is 0.100. The molecule has 2 aliphatic rings. The van der Waals surface area contributed by atoms with Crippen molar-refractivity contribution in [3.05, 3.63) is 0 Å². The fourth-order valence-corrected chi connectivity index (χ4v) is 2.28. The molecule has 5 atom stereocenters. The van der Waals surface area contributed by atoms with E-state index in [9.17, 15) is 14.7 Å². The summed E-state index contributed by atoms with van der Waals surface area (Å²) < 4.78 is 21.8. The number of carbonyl (C=O) groups is 2. The molecule has 0 aliphatic carbocycles. The Kier molecular flexibility index (Phi) is 4.43. The second kappa shape index (κ2) is 5.77. The summed E-state index contributed by atoms with van der Waals surface area (Å²) in [4.78, 5) is 22.7. The molecule has 114 valence electrons. The number of aliphatic hydroxyl groups is 1. The van der Waals surface area contributed by atoms with Crippen molar-refractivity contribution in [3.63, 3.8) is 0 Å². The Balaban J connectivity index is 2.13. The molecule has 0 aromatic rings. The van der Waals surface area contributed by atoms with Crippen molar-refractivity contribution in [2.24, 2.45) is 5.92 Å². The standard InChI is InChI=1S/C13H20O7/c1-7(2)12(16)18-9-5-17-8(4-14)10-11(9)20-13(3,6-15)19-10/h6-11,14H,4-5H2,1-3H3. The quantitative estimate of drug-likeness (QED) is 0.558. The molecular weight excluding hydrogens is 268 g/mol. The second-order valence-electron chi connectivity index (χ2n) is 5.48. The lowest BCUT2D eigenvalue weighted by molar-refractivity contribution is -0.188. The maximum atomic E-state index is 11.7. The number of aliphatic hydroxyl groups excluding tert-OH is 1. The highest BCUT2D eigenvalue weighted by Gasteiger charge is 2.54. The van der Waals surface area contributed by atoms with E-state index >= 15 is 0 Å². The second-order valence-corrected chi connectivity index (χ2v) is 5.48. The predicted molar refractivity (Wildman–Crippen MR) is 65.8 cm³/mol. The topological polar surface area (TPSA) is 91.3 Å². The minimum atomic E-state index is -1.40. The normalized spacial score (nSPS) is 40.5. The Morgan fingerprint density at radius 3 is 2.65 bits per heavy atom. The zero-order chi connectivity index (χ0) is 14.9. The lowest BCUT2D eigenvalue weighted by Gasteiger charge is -2.35. The van der Waals surface area contributed by atoms with Crippen molar-refractivity contribution in [2.75, 3.05) is 13.2 Å². The van der Waals surface area contributed by atoms with E-state index in [-0.39, 0.29) is 25.1 Å². The molecule has 0 aromatic heterocycles. The van der Waals surface area contributed by atoms with E-state index in [0.717, 1.165) is 0 Å². The van der Waals surface area contributed by atoms with Crippen LogP contribution < -0.4 is 0 Å². The van der Waals surface area contributed by atoms with Crippen molar-refractivity contribution in [2.45, 2.75) is 51.0 Å². The van der Waals surface area contributed by atoms with Crippen LogP contribution in [0.5, 0.6) is 0 Å². The Morgan fingerprint density at radius 1 is 1.45 bits per heavy atom. The summed E-state index contributed by atoms with van der Waals surface area (Å²) in [6, 6.07) is 0. The first kappa shape index (κ1) is 15.4. The number of hydrogen-bond acceptors (Lipinski definition) is 7. The minimum Gasteiger partial charge on any atom is -0.457 e. The Labute approximate surface area is 117 Å². The lowest BCUT2D eigenvalue weighted by atomic mass is 10.0. The van der Waals surface area contributed by atoms with E-state index in [2.05, 4.69) is 0 Å². The van der Waals surface area contributed by atoms with Gasteiger partial charge < -0.3 is 24.1 Å². The van der Waals surface area contributed by atoms with Gasteiger partial charge in [-0.3, -0.25) is 9.59 Å². The van der Waals surface area contributed by atoms with Crippen molar-refractivity contribution in [1.82, 2.24) is 0 Å². The summed E-state index contributed by atoms with van der Waals surface area (Å²) in [6.45, 7) is 4.77. The maximum absolute atomic E-state index is 11.7. The van der Waals surface area contributed by atoms with Crippen LogP contribution in [0.4, 0.5) is 0 Å². The Hall–Kier alpha value is -1.02. The van der Waals surface area contributed by atoms with Crippen molar-refractivity contribution in [1.29, 1.82) is 0 Å². The van der Waals surface area contributed by atoms with E-state index < -0.39 is 30.2 Å². The molecule has 0 amide bonds. The number of hydrogen-bond donors (Lipinski definition) is 1. The van der Waals surface area contributed by atoms with Gasteiger partial charge in [-0.05, 0) is 6.92 Å². The smallest absolute Gasteiger partial charge is 0.308 e. The van der Waals surface area contributed by atoms with Crippen molar-refractivity contribution < 1.29 is 33.6 Å². The average molecular weight is 288 g/mol. The zero-order valence-corrected chi connectivity index (χ0v) is 11.8. The van der Waals surface area contributed by atoms with Gasteiger partial charge in [-0.2, -0.15) is 0 Å². The lowest BCUT2D eigenvalue weighted by Crippen LogP contribution is -2.54. The molecule has 7 heteroatoms. The van der Waals surface area contributed by atoms with Gasteiger partial charge in [0.25, 0.3) is 0 Å². The van der Waals surface area contributed by atoms with Gasteiger partial charge in [-0.25, -0.2) is 0 Å². The summed E-state index contributed by atoms with van der Waals surface area (Å²) >= 11 is 0. The maximum Gasteiger partial charge on any atom is 0.308 e. The molecule has 0 radical (unpaired) electrons. The number of aldehydes is 1. The molecule has 2 aliphatic heterocycles. The van der Waals surface area contributed by atoms with Gasteiger partial charge in [0.05, 0.1) is 19.1 Å². The van der Waals surface area contributed by atoms with Crippen LogP contribution >= 0.6 is 0 Å². The SMILES string of the molecule is CC(C)C(=O)OC1COC(CO)C2OC(C)(C=O)OC12. The first-order chi connectivity index (χ1) is 9.40. The molecule has 5 unspecified atom stereocenters. The summed E-state index contributed by atoms with van der Waals surface area (Å²) in [5, 5.41) is 9.28. The number of fused-ring (bicyclic) bond motifs is 1. The highest BCUT2D eigenvalue weighted by atomic mass is 16.8. The van der Waals surface area contributed by atoms with E-state index in [1.807, 2.05) is 0 Å². The van der Waals surface area contributed by atoms with Gasteiger partial charge in [-0.1, -0.05) is 13.8 Å². The van der Waals surface area contributed by atoms with E-state index in [1.165, 1.54) is 6.92 Å². The van der Waals surface area contributed by atoms with Gasteiger partial charge in [0.2, 0.25) is 5.79 Å². The van der Waals surface area contributed by atoms with Crippen LogP contribution in [0.1, 0.15) is 20.8 Å². The van der Waals surface area contributed by atoms with Crippen LogP contribution in [0.2, 0.25) is 0 Å². The van der Waals surface area contributed by atoms with Crippen molar-refractivity contribution >= 4 is 12.3 Å². The number of rotatable bonds is 4. The van der Waals surface area contributed by atoms with E-state index in [4.69, 9.17) is 18.9 Å². The highest BCUT2D eigenvalue weighted by Crippen LogP contribution is 2.35. The molecule has 0 bridgehead atoms. The van der Waals surface area contributed by atoms with Crippen LogP contribution in [0.25, 0.3) is 0 Å². The molecule has 0 aromatic carbocycles. The first-order valence-corrected chi connectivity index (χ1v) is 6.65. The molecular formula is C13H20O7. The zero-order valence-electron chi connectivity index (χ0n) is 11.8. The first-order valence-electron chi connectivity index (χ1n) is 6.65. The van der Waals surface area contributed by atoms with Crippen LogP contribution in [0, 0.1) is 5.92 Å². The molecule has 20 heavy (non-hydrogen) atoms. The largest absolute Gasteiger partial charge is 0.457 e. The van der Waals surface area contributed by atoms with Crippen molar-refractivity contribution in [3.8, 4) is 0 Å².